The smallest absolute Gasteiger partial charge is 0.132 e. The summed E-state index contributed by atoms with van der Waals surface area (Å²) in [4.78, 5) is 0. The van der Waals surface area contributed by atoms with Crippen molar-refractivity contribution in [2.45, 2.75) is 39.2 Å². The molecule has 0 aromatic heterocycles. The summed E-state index contributed by atoms with van der Waals surface area (Å²) in [6, 6.07) is 1.49. The Balaban J connectivity index is 2.05. The second-order valence-corrected chi connectivity index (χ2v) is 5.76. The highest BCUT2D eigenvalue weighted by molar-refractivity contribution is 5.38. The predicted octanol–water partition coefficient (Wildman–Crippen LogP) is 3.93. The van der Waals surface area contributed by atoms with Gasteiger partial charge < -0.3 is 4.74 Å². The fraction of sp³-hybridized carbons (Fsp3) is 0.600. The quantitative estimate of drug-likeness (QED) is 0.679. The Kier molecular flexibility index (Phi) is 2.89. The van der Waals surface area contributed by atoms with Crippen LogP contribution in [0.3, 0.4) is 0 Å². The molecule has 0 bridgehead atoms. The molecule has 18 heavy (non-hydrogen) atoms. The van der Waals surface area contributed by atoms with Gasteiger partial charge in [-0.15, -0.1) is 0 Å². The molecule has 3 unspecified atom stereocenters. The van der Waals surface area contributed by atoms with Crippen LogP contribution in [0.5, 0.6) is 0 Å². The third-order valence-electron chi connectivity index (χ3n) is 4.35. The van der Waals surface area contributed by atoms with Crippen LogP contribution in [0.2, 0.25) is 0 Å². The van der Waals surface area contributed by atoms with E-state index in [1.807, 2.05) is 0 Å². The highest BCUT2D eigenvalue weighted by atomic mass is 19.1. The van der Waals surface area contributed by atoms with Gasteiger partial charge in [-0.05, 0) is 55.2 Å². The lowest BCUT2D eigenvalue weighted by Gasteiger charge is -2.39. The van der Waals surface area contributed by atoms with Gasteiger partial charge in [-0.2, -0.15) is 0 Å². The number of halogens is 2. The largest absolute Gasteiger partial charge is 0.373 e. The van der Waals surface area contributed by atoms with Crippen LogP contribution in [-0.4, -0.2) is 6.61 Å². The van der Waals surface area contributed by atoms with Crippen LogP contribution < -0.4 is 0 Å². The maximum Gasteiger partial charge on any atom is 0.132 e. The summed E-state index contributed by atoms with van der Waals surface area (Å²) in [5, 5.41) is 0. The number of hydrogen-bond acceptors (Lipinski definition) is 1. The van der Waals surface area contributed by atoms with Crippen molar-refractivity contribution in [3.05, 3.63) is 34.4 Å². The van der Waals surface area contributed by atoms with Crippen LogP contribution in [0.25, 0.3) is 0 Å². The molecule has 1 heterocycles. The molecule has 0 saturated carbocycles. The molecular weight excluding hydrogens is 234 g/mol. The maximum atomic E-state index is 14.1. The Morgan fingerprint density at radius 2 is 2.11 bits per heavy atom. The van der Waals surface area contributed by atoms with E-state index in [1.165, 1.54) is 13.0 Å². The van der Waals surface area contributed by atoms with E-state index in [4.69, 9.17) is 4.74 Å². The van der Waals surface area contributed by atoms with Gasteiger partial charge >= 0.3 is 0 Å². The van der Waals surface area contributed by atoms with Gasteiger partial charge in [0.15, 0.2) is 0 Å². The number of fused-ring (bicyclic) bond motifs is 3. The molecule has 1 aliphatic carbocycles. The molecule has 3 rings (SSSR count). The van der Waals surface area contributed by atoms with Crippen molar-refractivity contribution in [2.75, 3.05) is 6.61 Å². The first-order valence-corrected chi connectivity index (χ1v) is 6.67. The van der Waals surface area contributed by atoms with E-state index in [9.17, 15) is 8.78 Å². The zero-order valence-corrected chi connectivity index (χ0v) is 10.8. The standard InChI is InChI=1S/C15H18F2O/c1-8-5-10-3-4-11-12(15(10)18-7-8)6-13(16)9(2)14(11)17/h6,8,10,15H,3-5,7H2,1-2H3. The van der Waals surface area contributed by atoms with Crippen molar-refractivity contribution < 1.29 is 13.5 Å². The highest BCUT2D eigenvalue weighted by Gasteiger charge is 2.36. The number of benzene rings is 1. The molecule has 0 spiro atoms. The lowest BCUT2D eigenvalue weighted by molar-refractivity contribution is -0.0619. The molecule has 1 aromatic carbocycles. The molecule has 3 atom stereocenters. The van der Waals surface area contributed by atoms with Crippen LogP contribution >= 0.6 is 0 Å². The minimum atomic E-state index is -0.450. The average molecular weight is 252 g/mol. The van der Waals surface area contributed by atoms with Crippen LogP contribution in [0.15, 0.2) is 6.07 Å². The van der Waals surface area contributed by atoms with E-state index in [2.05, 4.69) is 6.92 Å². The normalized spacial score (nSPS) is 30.8. The summed E-state index contributed by atoms with van der Waals surface area (Å²) in [6.07, 6.45) is 2.65. The predicted molar refractivity (Wildman–Crippen MR) is 65.4 cm³/mol. The van der Waals surface area contributed by atoms with E-state index in [1.54, 1.807) is 0 Å². The van der Waals surface area contributed by atoms with Gasteiger partial charge in [-0.1, -0.05) is 6.92 Å². The fourth-order valence-corrected chi connectivity index (χ4v) is 3.35. The van der Waals surface area contributed by atoms with Crippen molar-refractivity contribution in [2.24, 2.45) is 11.8 Å². The second-order valence-electron chi connectivity index (χ2n) is 5.76. The van der Waals surface area contributed by atoms with E-state index < -0.39 is 5.82 Å². The lowest BCUT2D eigenvalue weighted by Crippen LogP contribution is -2.32. The third kappa shape index (κ3) is 1.76. The zero-order valence-electron chi connectivity index (χ0n) is 10.8. The molecule has 2 aliphatic rings. The molecule has 1 fully saturated rings. The molecular formula is C15H18F2O. The Morgan fingerprint density at radius 3 is 2.89 bits per heavy atom. The first kappa shape index (κ1) is 12.1. The van der Waals surface area contributed by atoms with Gasteiger partial charge in [0, 0.05) is 12.2 Å². The van der Waals surface area contributed by atoms with E-state index in [0.717, 1.165) is 18.4 Å². The molecule has 1 nitrogen and oxygen atoms in total. The van der Waals surface area contributed by atoms with Crippen LogP contribution in [0.4, 0.5) is 8.78 Å². The van der Waals surface area contributed by atoms with Crippen molar-refractivity contribution in [1.82, 2.24) is 0 Å². The summed E-state index contributed by atoms with van der Waals surface area (Å²) >= 11 is 0. The first-order valence-electron chi connectivity index (χ1n) is 6.67. The van der Waals surface area contributed by atoms with Gasteiger partial charge in [-0.3, -0.25) is 0 Å². The molecule has 3 heteroatoms. The van der Waals surface area contributed by atoms with Gasteiger partial charge in [0.25, 0.3) is 0 Å². The molecule has 98 valence electrons. The number of ether oxygens (including phenoxy) is 1. The maximum absolute atomic E-state index is 14.1. The summed E-state index contributed by atoms with van der Waals surface area (Å²) in [5.74, 6) is 0.149. The minimum Gasteiger partial charge on any atom is -0.373 e. The van der Waals surface area contributed by atoms with Gasteiger partial charge in [0.1, 0.15) is 11.6 Å². The Bertz CT molecular complexity index is 484. The minimum absolute atomic E-state index is 0.102. The highest BCUT2D eigenvalue weighted by Crippen LogP contribution is 2.44. The second kappa shape index (κ2) is 4.30. The van der Waals surface area contributed by atoms with Gasteiger partial charge in [-0.25, -0.2) is 8.78 Å². The molecule has 0 amide bonds. The Labute approximate surface area is 106 Å². The third-order valence-corrected chi connectivity index (χ3v) is 4.35. The molecule has 1 aliphatic heterocycles. The molecule has 0 N–H and O–H groups in total. The van der Waals surface area contributed by atoms with Crippen LogP contribution in [0.1, 0.15) is 42.6 Å². The SMILES string of the molecule is Cc1c(F)cc2c(c1F)CCC1CC(C)COC21. The van der Waals surface area contributed by atoms with Crippen molar-refractivity contribution in [1.29, 1.82) is 0 Å². The molecule has 1 saturated heterocycles. The monoisotopic (exact) mass is 252 g/mol. The van der Waals surface area contributed by atoms with Crippen LogP contribution in [-0.2, 0) is 11.2 Å². The molecule has 1 aromatic rings. The lowest BCUT2D eigenvalue weighted by atomic mass is 9.75. The summed E-state index contributed by atoms with van der Waals surface area (Å²) in [6.45, 7) is 4.36. The van der Waals surface area contributed by atoms with Crippen molar-refractivity contribution in [3.8, 4) is 0 Å². The Hall–Kier alpha value is -0.960. The summed E-state index contributed by atoms with van der Waals surface area (Å²) in [5.41, 5.74) is 1.56. The van der Waals surface area contributed by atoms with E-state index >= 15 is 0 Å². The van der Waals surface area contributed by atoms with Crippen molar-refractivity contribution in [3.63, 3.8) is 0 Å². The van der Waals surface area contributed by atoms with Crippen LogP contribution in [0, 0.1) is 30.4 Å². The average Bonchev–Trinajstić information content (AvgIpc) is 2.35. The van der Waals surface area contributed by atoms with Crippen molar-refractivity contribution >= 4 is 0 Å². The first-order chi connectivity index (χ1) is 8.58. The fourth-order valence-electron chi connectivity index (χ4n) is 3.35. The number of rotatable bonds is 0. The zero-order chi connectivity index (χ0) is 12.9. The molecule has 0 radical (unpaired) electrons. The van der Waals surface area contributed by atoms with E-state index in [0.29, 0.717) is 30.4 Å². The summed E-state index contributed by atoms with van der Waals surface area (Å²) < 4.78 is 33.6. The van der Waals surface area contributed by atoms with E-state index in [-0.39, 0.29) is 17.5 Å². The summed E-state index contributed by atoms with van der Waals surface area (Å²) in [7, 11) is 0. The van der Waals surface area contributed by atoms with Gasteiger partial charge in [0.2, 0.25) is 0 Å². The van der Waals surface area contributed by atoms with Gasteiger partial charge in [0.05, 0.1) is 6.10 Å². The topological polar surface area (TPSA) is 9.23 Å². The Morgan fingerprint density at radius 1 is 1.33 bits per heavy atom. The number of hydrogen-bond donors (Lipinski definition) is 0.